The summed E-state index contributed by atoms with van der Waals surface area (Å²) >= 11 is 12.0. The molecule has 1 aliphatic heterocycles. The van der Waals surface area contributed by atoms with E-state index < -0.39 is 0 Å². The minimum atomic E-state index is 0.217. The predicted octanol–water partition coefficient (Wildman–Crippen LogP) is 4.22. The second-order valence-electron chi connectivity index (χ2n) is 4.56. The molecule has 1 atom stereocenters. The van der Waals surface area contributed by atoms with Gasteiger partial charge in [0.25, 0.3) is 0 Å². The Bertz CT molecular complexity index is 580. The second kappa shape index (κ2) is 5.41. The van der Waals surface area contributed by atoms with Crippen molar-refractivity contribution >= 4 is 23.2 Å². The van der Waals surface area contributed by atoms with Crippen molar-refractivity contribution in [2.45, 2.75) is 12.6 Å². The van der Waals surface area contributed by atoms with E-state index in [-0.39, 0.29) is 6.04 Å². The monoisotopic (exact) mass is 293 g/mol. The van der Waals surface area contributed by atoms with Crippen molar-refractivity contribution in [1.82, 2.24) is 5.32 Å². The zero-order valence-corrected chi connectivity index (χ0v) is 11.7. The van der Waals surface area contributed by atoms with Crippen molar-refractivity contribution < 1.29 is 4.74 Å². The summed E-state index contributed by atoms with van der Waals surface area (Å²) in [4.78, 5) is 0. The maximum Gasteiger partial charge on any atom is 0.124 e. The number of benzene rings is 2. The number of hydrogen-bond acceptors (Lipinski definition) is 2. The molecule has 1 unspecified atom stereocenters. The number of fused-ring (bicyclic) bond motifs is 1. The molecule has 3 rings (SSSR count). The van der Waals surface area contributed by atoms with Crippen LogP contribution < -0.4 is 10.1 Å². The SMILES string of the molecule is Clc1cc(Cl)cc(CNC2COc3ccccc32)c1. The molecule has 0 saturated heterocycles. The van der Waals surface area contributed by atoms with Gasteiger partial charge in [0.05, 0.1) is 6.04 Å². The molecule has 0 fully saturated rings. The maximum absolute atomic E-state index is 5.99. The van der Waals surface area contributed by atoms with Crippen molar-refractivity contribution in [2.75, 3.05) is 6.61 Å². The van der Waals surface area contributed by atoms with Crippen LogP contribution in [0.15, 0.2) is 42.5 Å². The summed E-state index contributed by atoms with van der Waals surface area (Å²) in [6.07, 6.45) is 0. The van der Waals surface area contributed by atoms with E-state index in [1.807, 2.05) is 30.3 Å². The van der Waals surface area contributed by atoms with Crippen LogP contribution in [0, 0.1) is 0 Å². The summed E-state index contributed by atoms with van der Waals surface area (Å²) in [5, 5.41) is 4.79. The largest absolute Gasteiger partial charge is 0.491 e. The van der Waals surface area contributed by atoms with E-state index in [4.69, 9.17) is 27.9 Å². The van der Waals surface area contributed by atoms with Gasteiger partial charge in [-0.25, -0.2) is 0 Å². The molecule has 19 heavy (non-hydrogen) atoms. The highest BCUT2D eigenvalue weighted by Gasteiger charge is 2.22. The van der Waals surface area contributed by atoms with Gasteiger partial charge in [0.2, 0.25) is 0 Å². The summed E-state index contributed by atoms with van der Waals surface area (Å²) in [7, 11) is 0. The van der Waals surface area contributed by atoms with Crippen LogP contribution >= 0.6 is 23.2 Å². The van der Waals surface area contributed by atoms with E-state index in [0.29, 0.717) is 23.2 Å². The number of halogens is 2. The first-order valence-electron chi connectivity index (χ1n) is 6.12. The summed E-state index contributed by atoms with van der Waals surface area (Å²) < 4.78 is 5.63. The Morgan fingerprint density at radius 1 is 1.11 bits per heavy atom. The van der Waals surface area contributed by atoms with Crippen LogP contribution in [0.3, 0.4) is 0 Å². The Hall–Kier alpha value is -1.22. The lowest BCUT2D eigenvalue weighted by molar-refractivity contribution is 0.310. The summed E-state index contributed by atoms with van der Waals surface area (Å²) in [5.74, 6) is 0.962. The minimum Gasteiger partial charge on any atom is -0.491 e. The van der Waals surface area contributed by atoms with Gasteiger partial charge in [-0.3, -0.25) is 0 Å². The lowest BCUT2D eigenvalue weighted by atomic mass is 10.1. The zero-order chi connectivity index (χ0) is 13.2. The molecular weight excluding hydrogens is 281 g/mol. The Morgan fingerprint density at radius 2 is 1.84 bits per heavy atom. The molecule has 4 heteroatoms. The van der Waals surface area contributed by atoms with Gasteiger partial charge >= 0.3 is 0 Å². The van der Waals surface area contributed by atoms with Gasteiger partial charge in [-0.15, -0.1) is 0 Å². The number of ether oxygens (including phenoxy) is 1. The van der Waals surface area contributed by atoms with Gasteiger partial charge in [-0.2, -0.15) is 0 Å². The van der Waals surface area contributed by atoms with Crippen molar-refractivity contribution in [3.8, 4) is 5.75 Å². The van der Waals surface area contributed by atoms with Crippen LogP contribution in [0.2, 0.25) is 10.0 Å². The Kier molecular flexibility index (Phi) is 3.65. The number of rotatable bonds is 3. The number of para-hydroxylation sites is 1. The first kappa shape index (κ1) is 12.8. The standard InChI is InChI=1S/C15H13Cl2NO/c16-11-5-10(6-12(17)7-11)8-18-14-9-19-15-4-2-1-3-13(14)15/h1-7,14,18H,8-9H2. The first-order valence-corrected chi connectivity index (χ1v) is 6.88. The lowest BCUT2D eigenvalue weighted by Gasteiger charge is -2.12. The molecule has 0 spiro atoms. The third-order valence-corrected chi connectivity index (χ3v) is 3.61. The molecule has 0 amide bonds. The normalized spacial score (nSPS) is 17.1. The molecule has 0 saturated carbocycles. The summed E-state index contributed by atoms with van der Waals surface area (Å²) in [6, 6.07) is 13.9. The van der Waals surface area contributed by atoms with Crippen LogP contribution in [0.25, 0.3) is 0 Å². The van der Waals surface area contributed by atoms with Crippen LogP contribution in [-0.4, -0.2) is 6.61 Å². The quantitative estimate of drug-likeness (QED) is 0.915. The fourth-order valence-corrected chi connectivity index (χ4v) is 2.86. The van der Waals surface area contributed by atoms with E-state index >= 15 is 0 Å². The molecule has 0 aliphatic carbocycles. The summed E-state index contributed by atoms with van der Waals surface area (Å²) in [6.45, 7) is 1.37. The molecule has 0 bridgehead atoms. The van der Waals surface area contributed by atoms with Crippen molar-refractivity contribution in [2.24, 2.45) is 0 Å². The lowest BCUT2D eigenvalue weighted by Crippen LogP contribution is -2.21. The topological polar surface area (TPSA) is 21.3 Å². The summed E-state index contributed by atoms with van der Waals surface area (Å²) in [5.41, 5.74) is 2.28. The highest BCUT2D eigenvalue weighted by Crippen LogP contribution is 2.32. The van der Waals surface area contributed by atoms with Gasteiger partial charge in [0.15, 0.2) is 0 Å². The molecule has 0 aromatic heterocycles. The average Bonchev–Trinajstić information content (AvgIpc) is 2.78. The van der Waals surface area contributed by atoms with Crippen molar-refractivity contribution in [1.29, 1.82) is 0 Å². The average molecular weight is 294 g/mol. The highest BCUT2D eigenvalue weighted by atomic mass is 35.5. The molecule has 2 aromatic carbocycles. The molecule has 1 aliphatic rings. The number of nitrogens with one attached hydrogen (secondary N) is 1. The maximum atomic E-state index is 5.99. The Morgan fingerprint density at radius 3 is 2.63 bits per heavy atom. The molecule has 98 valence electrons. The van der Waals surface area contributed by atoms with Gasteiger partial charge in [-0.1, -0.05) is 41.4 Å². The van der Waals surface area contributed by atoms with E-state index in [1.165, 1.54) is 5.56 Å². The molecule has 2 aromatic rings. The molecular formula is C15H13Cl2NO. The molecule has 2 nitrogen and oxygen atoms in total. The second-order valence-corrected chi connectivity index (χ2v) is 5.43. The van der Waals surface area contributed by atoms with Crippen LogP contribution in [0.5, 0.6) is 5.75 Å². The predicted molar refractivity (Wildman–Crippen MR) is 78.0 cm³/mol. The zero-order valence-electron chi connectivity index (χ0n) is 10.2. The van der Waals surface area contributed by atoms with Crippen molar-refractivity contribution in [3.63, 3.8) is 0 Å². The molecule has 1 heterocycles. The van der Waals surface area contributed by atoms with Crippen LogP contribution in [0.1, 0.15) is 17.2 Å². The van der Waals surface area contributed by atoms with Crippen LogP contribution in [-0.2, 0) is 6.54 Å². The van der Waals surface area contributed by atoms with E-state index in [1.54, 1.807) is 6.07 Å². The highest BCUT2D eigenvalue weighted by molar-refractivity contribution is 6.34. The Labute approximate surface area is 122 Å². The van der Waals surface area contributed by atoms with Gasteiger partial charge < -0.3 is 10.1 Å². The smallest absolute Gasteiger partial charge is 0.124 e. The third-order valence-electron chi connectivity index (χ3n) is 3.17. The van der Waals surface area contributed by atoms with Crippen LogP contribution in [0.4, 0.5) is 0 Å². The van der Waals surface area contributed by atoms with E-state index in [9.17, 15) is 0 Å². The fraction of sp³-hybridized carbons (Fsp3) is 0.200. The first-order chi connectivity index (χ1) is 9.22. The Balaban J connectivity index is 1.70. The van der Waals surface area contributed by atoms with Gasteiger partial charge in [0, 0.05) is 22.2 Å². The van der Waals surface area contributed by atoms with E-state index in [2.05, 4.69) is 11.4 Å². The van der Waals surface area contributed by atoms with Crippen molar-refractivity contribution in [3.05, 3.63) is 63.6 Å². The van der Waals surface area contributed by atoms with Gasteiger partial charge in [-0.05, 0) is 29.8 Å². The van der Waals surface area contributed by atoms with Gasteiger partial charge in [0.1, 0.15) is 12.4 Å². The molecule has 1 N–H and O–H groups in total. The molecule has 0 radical (unpaired) electrons. The number of hydrogen-bond donors (Lipinski definition) is 1. The minimum absolute atomic E-state index is 0.217. The third kappa shape index (κ3) is 2.86. The fourth-order valence-electron chi connectivity index (χ4n) is 2.29. The van der Waals surface area contributed by atoms with E-state index in [0.717, 1.165) is 11.3 Å².